The zero-order valence-corrected chi connectivity index (χ0v) is 16.4. The maximum absolute atomic E-state index is 12.5. The van der Waals surface area contributed by atoms with E-state index in [2.05, 4.69) is 6.58 Å². The van der Waals surface area contributed by atoms with Crippen molar-refractivity contribution in [2.75, 3.05) is 6.61 Å². The average molecular weight is 396 g/mol. The molecule has 3 heterocycles. The van der Waals surface area contributed by atoms with Crippen LogP contribution in [0.15, 0.2) is 23.8 Å². The first-order valence-electron chi connectivity index (χ1n) is 9.57. The summed E-state index contributed by atoms with van der Waals surface area (Å²) in [4.78, 5) is 24.7. The Labute approximate surface area is 163 Å². The van der Waals surface area contributed by atoms with Crippen LogP contribution in [0.25, 0.3) is 0 Å². The molecule has 156 valence electrons. The third kappa shape index (κ3) is 3.39. The van der Waals surface area contributed by atoms with Crippen LogP contribution in [0.4, 0.5) is 0 Å². The topological polar surface area (TPSA) is 123 Å². The maximum atomic E-state index is 12.5. The number of aliphatic hydroxyl groups excluding tert-OH is 2. The fourth-order valence-electron chi connectivity index (χ4n) is 4.11. The molecule has 3 N–H and O–H groups in total. The Bertz CT molecular complexity index is 715. The number of hydrogen-bond donors (Lipinski definition) is 3. The highest BCUT2D eigenvalue weighted by Crippen LogP contribution is 2.48. The zero-order chi connectivity index (χ0) is 20.9. The third-order valence-electron chi connectivity index (χ3n) is 6.17. The van der Waals surface area contributed by atoms with E-state index in [-0.39, 0.29) is 29.9 Å². The maximum Gasteiger partial charge on any atom is 0.334 e. The van der Waals surface area contributed by atoms with Crippen molar-refractivity contribution in [2.24, 2.45) is 11.8 Å². The summed E-state index contributed by atoms with van der Waals surface area (Å²) in [6.45, 7) is 8.45. The predicted octanol–water partition coefficient (Wildman–Crippen LogP) is 0.593. The lowest BCUT2D eigenvalue weighted by Crippen LogP contribution is -2.45. The largest absolute Gasteiger partial charge is 0.461 e. The van der Waals surface area contributed by atoms with Gasteiger partial charge in [-0.05, 0) is 19.4 Å². The van der Waals surface area contributed by atoms with Gasteiger partial charge in [-0.2, -0.15) is 0 Å². The first-order valence-corrected chi connectivity index (χ1v) is 9.57. The Balaban J connectivity index is 2.07. The van der Waals surface area contributed by atoms with Gasteiger partial charge in [0.05, 0.1) is 30.1 Å². The normalized spacial score (nSPS) is 43.1. The highest BCUT2D eigenvalue weighted by atomic mass is 16.7. The first kappa shape index (κ1) is 21.0. The smallest absolute Gasteiger partial charge is 0.334 e. The molecule has 0 aromatic rings. The average Bonchev–Trinajstić information content (AvgIpc) is 3.04. The van der Waals surface area contributed by atoms with Gasteiger partial charge in [-0.3, -0.25) is 4.79 Å². The fourth-order valence-corrected chi connectivity index (χ4v) is 4.11. The molecule has 2 saturated heterocycles. The van der Waals surface area contributed by atoms with Crippen LogP contribution >= 0.6 is 0 Å². The fraction of sp³-hybridized carbons (Fsp3) is 0.700. The van der Waals surface area contributed by atoms with E-state index in [1.165, 1.54) is 6.08 Å². The lowest BCUT2D eigenvalue weighted by molar-refractivity contribution is -0.211. The summed E-state index contributed by atoms with van der Waals surface area (Å²) in [5, 5.41) is 31.3. The molecule has 0 aromatic heterocycles. The third-order valence-corrected chi connectivity index (χ3v) is 6.17. The van der Waals surface area contributed by atoms with Crippen LogP contribution in [0.1, 0.15) is 40.0 Å². The molecule has 0 saturated carbocycles. The minimum atomic E-state index is -1.90. The van der Waals surface area contributed by atoms with E-state index in [1.54, 1.807) is 13.8 Å². The molecule has 3 rings (SSSR count). The van der Waals surface area contributed by atoms with Crippen LogP contribution in [-0.4, -0.2) is 63.6 Å². The molecule has 0 unspecified atom stereocenters. The van der Waals surface area contributed by atoms with Crippen molar-refractivity contribution in [3.05, 3.63) is 23.8 Å². The molecule has 3 aliphatic rings. The Hall–Kier alpha value is -1.74. The van der Waals surface area contributed by atoms with Crippen LogP contribution in [0.2, 0.25) is 0 Å². The van der Waals surface area contributed by atoms with Crippen molar-refractivity contribution in [2.45, 2.75) is 69.7 Å². The number of ether oxygens (including phenoxy) is 3. The summed E-state index contributed by atoms with van der Waals surface area (Å²) < 4.78 is 16.9. The van der Waals surface area contributed by atoms with Gasteiger partial charge in [-0.1, -0.05) is 20.4 Å². The van der Waals surface area contributed by atoms with Crippen molar-refractivity contribution in [3.63, 3.8) is 0 Å². The molecule has 0 spiro atoms. The molecule has 2 fully saturated rings. The summed E-state index contributed by atoms with van der Waals surface area (Å²) in [5.41, 5.74) is -1.03. The van der Waals surface area contributed by atoms with E-state index in [4.69, 9.17) is 14.2 Å². The van der Waals surface area contributed by atoms with Crippen LogP contribution in [0, 0.1) is 11.8 Å². The number of carbonyl (C=O) groups excluding carboxylic acids is 2. The van der Waals surface area contributed by atoms with Crippen molar-refractivity contribution >= 4 is 11.9 Å². The summed E-state index contributed by atoms with van der Waals surface area (Å²) >= 11 is 0. The monoisotopic (exact) mass is 396 g/mol. The van der Waals surface area contributed by atoms with Gasteiger partial charge >= 0.3 is 11.9 Å². The zero-order valence-electron chi connectivity index (χ0n) is 16.4. The summed E-state index contributed by atoms with van der Waals surface area (Å²) in [6.07, 6.45) is -0.933. The van der Waals surface area contributed by atoms with E-state index < -0.39 is 54.2 Å². The number of aliphatic hydroxyl groups is 3. The highest BCUT2D eigenvalue weighted by Gasteiger charge is 2.58. The van der Waals surface area contributed by atoms with Crippen molar-refractivity contribution in [1.82, 2.24) is 0 Å². The number of esters is 2. The first-order chi connectivity index (χ1) is 13.0. The van der Waals surface area contributed by atoms with Crippen LogP contribution in [0.5, 0.6) is 0 Å². The van der Waals surface area contributed by atoms with Crippen molar-refractivity contribution < 1.29 is 39.1 Å². The summed E-state index contributed by atoms with van der Waals surface area (Å²) in [5.74, 6) is -4.02. The molecule has 8 heteroatoms. The predicted molar refractivity (Wildman–Crippen MR) is 96.7 cm³/mol. The Kier molecular flexibility index (Phi) is 5.44. The quantitative estimate of drug-likeness (QED) is 0.359. The van der Waals surface area contributed by atoms with E-state index in [0.717, 1.165) is 0 Å². The minimum absolute atomic E-state index is 0.0298. The summed E-state index contributed by atoms with van der Waals surface area (Å²) in [7, 11) is 0. The minimum Gasteiger partial charge on any atom is -0.461 e. The van der Waals surface area contributed by atoms with Crippen molar-refractivity contribution in [3.8, 4) is 0 Å². The van der Waals surface area contributed by atoms with Gasteiger partial charge in [0.15, 0.2) is 5.79 Å². The Morgan fingerprint density at radius 1 is 1.46 bits per heavy atom. The second-order valence-electron chi connectivity index (χ2n) is 8.18. The standard InChI is InChI=1S/C20H28O8/c1-5-10(2)17(23)27-14-7-19(4)15(22)8-20(25,28-19)12(9-21)6-13-16(14)11(3)18(24)26-13/h6,10,13-16,21-22,25H,3,5,7-9H2,1-2,4H3/b12-6-/t10-,13+,14-,15+,16+,19+,20+/m1/s1. The number of hydrogen-bond acceptors (Lipinski definition) is 8. The van der Waals surface area contributed by atoms with Gasteiger partial charge in [0.1, 0.15) is 12.2 Å². The van der Waals surface area contributed by atoms with Crippen LogP contribution in [0.3, 0.4) is 0 Å². The lowest BCUT2D eigenvalue weighted by atomic mass is 9.80. The molecule has 8 nitrogen and oxygen atoms in total. The SMILES string of the molecule is C=C1C(=O)O[C@H]2/C=C(/CO)[C@]3(O)C[C@H](O)[C@](C)(C[C@@H](OC(=O)[C@H](C)CC)[C@@H]12)O3. The Morgan fingerprint density at radius 3 is 2.75 bits per heavy atom. The second kappa shape index (κ2) is 7.26. The van der Waals surface area contributed by atoms with Gasteiger partial charge < -0.3 is 29.5 Å². The molecule has 28 heavy (non-hydrogen) atoms. The molecular weight excluding hydrogens is 368 g/mol. The van der Waals surface area contributed by atoms with E-state index >= 15 is 0 Å². The molecule has 0 aliphatic carbocycles. The Morgan fingerprint density at radius 2 is 2.14 bits per heavy atom. The summed E-state index contributed by atoms with van der Waals surface area (Å²) in [6, 6.07) is 0. The lowest BCUT2D eigenvalue weighted by Gasteiger charge is -2.35. The number of carbonyl (C=O) groups is 2. The van der Waals surface area contributed by atoms with Crippen molar-refractivity contribution in [1.29, 1.82) is 0 Å². The van der Waals surface area contributed by atoms with E-state index in [1.807, 2.05) is 6.92 Å². The number of fused-ring (bicyclic) bond motifs is 3. The van der Waals surface area contributed by atoms with E-state index in [9.17, 15) is 24.9 Å². The van der Waals surface area contributed by atoms with Gasteiger partial charge in [0.2, 0.25) is 0 Å². The molecule has 3 aliphatic heterocycles. The van der Waals surface area contributed by atoms with Gasteiger partial charge in [-0.15, -0.1) is 0 Å². The van der Waals surface area contributed by atoms with Gasteiger partial charge in [-0.25, -0.2) is 4.79 Å². The molecule has 0 amide bonds. The molecule has 0 aromatic carbocycles. The second-order valence-corrected chi connectivity index (χ2v) is 8.18. The molecule has 0 radical (unpaired) electrons. The van der Waals surface area contributed by atoms with Crippen LogP contribution in [-0.2, 0) is 23.8 Å². The van der Waals surface area contributed by atoms with E-state index in [0.29, 0.717) is 6.42 Å². The highest BCUT2D eigenvalue weighted by molar-refractivity contribution is 5.91. The number of rotatable bonds is 4. The molecular formula is C20H28O8. The van der Waals surface area contributed by atoms with Gasteiger partial charge in [0, 0.05) is 24.0 Å². The van der Waals surface area contributed by atoms with Gasteiger partial charge in [0.25, 0.3) is 0 Å². The molecule has 2 bridgehead atoms. The molecule has 7 atom stereocenters. The van der Waals surface area contributed by atoms with Crippen LogP contribution < -0.4 is 0 Å².